The van der Waals surface area contributed by atoms with Gasteiger partial charge in [-0.25, -0.2) is 0 Å². The van der Waals surface area contributed by atoms with Crippen LogP contribution in [0.25, 0.3) is 0 Å². The van der Waals surface area contributed by atoms with Crippen molar-refractivity contribution in [2.75, 3.05) is 0 Å². The molecule has 0 rings (SSSR count). The molecule has 0 bridgehead atoms. The lowest BCUT2D eigenvalue weighted by Crippen LogP contribution is -1.91. The van der Waals surface area contributed by atoms with Gasteiger partial charge in [-0.05, 0) is 46.0 Å². The summed E-state index contributed by atoms with van der Waals surface area (Å²) in [6, 6.07) is 0. The molecule has 0 aliphatic heterocycles. The minimum atomic E-state index is 0.899. The van der Waals surface area contributed by atoms with Crippen LogP contribution in [0.3, 0.4) is 0 Å². The molecule has 0 aliphatic rings. The first-order valence-electron chi connectivity index (χ1n) is 6.35. The topological polar surface area (TPSA) is 0 Å². The molecule has 1 atom stereocenters. The molecule has 88 valence electrons. The predicted molar refractivity (Wildman–Crippen MR) is 71.1 cm³/mol. The Labute approximate surface area is 96.5 Å². The lowest BCUT2D eigenvalue weighted by molar-refractivity contribution is 0.495. The van der Waals surface area contributed by atoms with Crippen LogP contribution < -0.4 is 0 Å². The normalized spacial score (nSPS) is 13.8. The Hall–Kier alpha value is -0.520. The van der Waals surface area contributed by atoms with Gasteiger partial charge in [0.25, 0.3) is 0 Å². The van der Waals surface area contributed by atoms with E-state index in [1.807, 2.05) is 0 Å². The van der Waals surface area contributed by atoms with Gasteiger partial charge in [0.05, 0.1) is 0 Å². The van der Waals surface area contributed by atoms with Crippen molar-refractivity contribution in [3.05, 3.63) is 23.3 Å². The van der Waals surface area contributed by atoms with E-state index in [-0.39, 0.29) is 0 Å². The first-order chi connectivity index (χ1) is 7.06. The van der Waals surface area contributed by atoms with Crippen LogP contribution in [-0.4, -0.2) is 0 Å². The molecule has 15 heavy (non-hydrogen) atoms. The SMILES string of the molecule is CCC(C)CCC/C(C)=C/CC=C(C)C. The zero-order valence-electron chi connectivity index (χ0n) is 11.3. The third-order valence-corrected chi connectivity index (χ3v) is 2.96. The molecule has 0 amide bonds. The Bertz CT molecular complexity index is 204. The van der Waals surface area contributed by atoms with Gasteiger partial charge < -0.3 is 0 Å². The summed E-state index contributed by atoms with van der Waals surface area (Å²) in [5, 5.41) is 0. The zero-order chi connectivity index (χ0) is 11.7. The Morgan fingerprint density at radius 3 is 2.33 bits per heavy atom. The third kappa shape index (κ3) is 9.78. The van der Waals surface area contributed by atoms with E-state index in [9.17, 15) is 0 Å². The van der Waals surface area contributed by atoms with E-state index in [2.05, 4.69) is 46.8 Å². The van der Waals surface area contributed by atoms with Crippen LogP contribution in [0, 0.1) is 5.92 Å². The standard InChI is InChI=1S/C15H28/c1-6-14(4)10-8-12-15(5)11-7-9-13(2)3/h9,11,14H,6-8,10,12H2,1-5H3/b15-11+. The van der Waals surface area contributed by atoms with Gasteiger partial charge in [-0.15, -0.1) is 0 Å². The van der Waals surface area contributed by atoms with E-state index in [0.29, 0.717) is 0 Å². The number of hydrogen-bond donors (Lipinski definition) is 0. The Kier molecular flexibility index (Phi) is 8.46. The van der Waals surface area contributed by atoms with Crippen molar-refractivity contribution < 1.29 is 0 Å². The van der Waals surface area contributed by atoms with E-state index in [1.165, 1.54) is 31.3 Å². The highest BCUT2D eigenvalue weighted by Gasteiger charge is 1.98. The van der Waals surface area contributed by atoms with Crippen LogP contribution >= 0.6 is 0 Å². The molecule has 0 heterocycles. The van der Waals surface area contributed by atoms with Crippen molar-refractivity contribution in [2.45, 2.75) is 66.7 Å². The second-order valence-electron chi connectivity index (χ2n) is 4.97. The van der Waals surface area contributed by atoms with Gasteiger partial charge in [-0.1, -0.05) is 50.0 Å². The summed E-state index contributed by atoms with van der Waals surface area (Å²) in [5.41, 5.74) is 2.97. The summed E-state index contributed by atoms with van der Waals surface area (Å²) < 4.78 is 0. The highest BCUT2D eigenvalue weighted by Crippen LogP contribution is 2.14. The van der Waals surface area contributed by atoms with Crippen molar-refractivity contribution in [1.29, 1.82) is 0 Å². The van der Waals surface area contributed by atoms with Gasteiger partial charge in [-0.2, -0.15) is 0 Å². The molecule has 0 aromatic heterocycles. The monoisotopic (exact) mass is 208 g/mol. The minimum Gasteiger partial charge on any atom is -0.0821 e. The Morgan fingerprint density at radius 1 is 1.13 bits per heavy atom. The average molecular weight is 208 g/mol. The lowest BCUT2D eigenvalue weighted by atomic mass is 9.99. The fourth-order valence-corrected chi connectivity index (χ4v) is 1.53. The second kappa shape index (κ2) is 8.76. The summed E-state index contributed by atoms with van der Waals surface area (Å²) >= 11 is 0. The van der Waals surface area contributed by atoms with Gasteiger partial charge in [-0.3, -0.25) is 0 Å². The van der Waals surface area contributed by atoms with Crippen LogP contribution in [0.5, 0.6) is 0 Å². The largest absolute Gasteiger partial charge is 0.0821 e. The summed E-state index contributed by atoms with van der Waals surface area (Å²) in [4.78, 5) is 0. The molecule has 0 aliphatic carbocycles. The smallest absolute Gasteiger partial charge is 0.0164 e. The van der Waals surface area contributed by atoms with Crippen molar-refractivity contribution in [3.63, 3.8) is 0 Å². The van der Waals surface area contributed by atoms with Gasteiger partial charge in [0.15, 0.2) is 0 Å². The molecule has 1 unspecified atom stereocenters. The number of hydrogen-bond acceptors (Lipinski definition) is 0. The Morgan fingerprint density at radius 2 is 1.80 bits per heavy atom. The fourth-order valence-electron chi connectivity index (χ4n) is 1.53. The molecule has 0 spiro atoms. The van der Waals surface area contributed by atoms with Crippen LogP contribution in [-0.2, 0) is 0 Å². The highest BCUT2D eigenvalue weighted by atomic mass is 14.0. The quantitative estimate of drug-likeness (QED) is 0.484. The van der Waals surface area contributed by atoms with Gasteiger partial charge in [0.2, 0.25) is 0 Å². The van der Waals surface area contributed by atoms with Crippen molar-refractivity contribution in [3.8, 4) is 0 Å². The van der Waals surface area contributed by atoms with E-state index in [1.54, 1.807) is 5.57 Å². The van der Waals surface area contributed by atoms with Crippen molar-refractivity contribution >= 4 is 0 Å². The zero-order valence-corrected chi connectivity index (χ0v) is 11.3. The Balaban J connectivity index is 3.64. The van der Waals surface area contributed by atoms with Crippen LogP contribution in [0.2, 0.25) is 0 Å². The van der Waals surface area contributed by atoms with Crippen LogP contribution in [0.15, 0.2) is 23.3 Å². The predicted octanol–water partition coefficient (Wildman–Crippen LogP) is 5.51. The number of allylic oxidation sites excluding steroid dienone is 4. The summed E-state index contributed by atoms with van der Waals surface area (Å²) in [5.74, 6) is 0.899. The molecule has 0 nitrogen and oxygen atoms in total. The summed E-state index contributed by atoms with van der Waals surface area (Å²) in [6.07, 6.45) is 11.1. The van der Waals surface area contributed by atoms with Crippen molar-refractivity contribution in [2.24, 2.45) is 5.92 Å². The lowest BCUT2D eigenvalue weighted by Gasteiger charge is -2.07. The minimum absolute atomic E-state index is 0.899. The van der Waals surface area contributed by atoms with E-state index >= 15 is 0 Å². The van der Waals surface area contributed by atoms with Crippen LogP contribution in [0.4, 0.5) is 0 Å². The van der Waals surface area contributed by atoms with Gasteiger partial charge >= 0.3 is 0 Å². The van der Waals surface area contributed by atoms with Gasteiger partial charge in [0, 0.05) is 0 Å². The highest BCUT2D eigenvalue weighted by molar-refractivity contribution is 5.04. The third-order valence-electron chi connectivity index (χ3n) is 2.96. The average Bonchev–Trinajstić information content (AvgIpc) is 2.17. The molecular formula is C15H28. The fraction of sp³-hybridized carbons (Fsp3) is 0.733. The second-order valence-corrected chi connectivity index (χ2v) is 4.97. The molecule has 0 aromatic carbocycles. The summed E-state index contributed by atoms with van der Waals surface area (Å²) in [6.45, 7) is 11.2. The first kappa shape index (κ1) is 14.5. The number of rotatable bonds is 7. The molecule has 0 saturated carbocycles. The van der Waals surface area contributed by atoms with Gasteiger partial charge in [0.1, 0.15) is 0 Å². The van der Waals surface area contributed by atoms with E-state index < -0.39 is 0 Å². The molecule has 0 radical (unpaired) electrons. The maximum absolute atomic E-state index is 2.36. The molecule has 0 N–H and O–H groups in total. The molecule has 0 aromatic rings. The maximum Gasteiger partial charge on any atom is -0.0164 e. The molecule has 0 heteroatoms. The summed E-state index contributed by atoms with van der Waals surface area (Å²) in [7, 11) is 0. The maximum atomic E-state index is 2.36. The molecule has 0 saturated heterocycles. The van der Waals surface area contributed by atoms with Crippen LogP contribution in [0.1, 0.15) is 66.7 Å². The van der Waals surface area contributed by atoms with E-state index in [4.69, 9.17) is 0 Å². The first-order valence-corrected chi connectivity index (χ1v) is 6.35. The van der Waals surface area contributed by atoms with Crippen molar-refractivity contribution in [1.82, 2.24) is 0 Å². The van der Waals surface area contributed by atoms with E-state index in [0.717, 1.165) is 12.3 Å². The molecule has 0 fully saturated rings. The molecular weight excluding hydrogens is 180 g/mol.